The number of methoxy groups -OCH3 is 1. The minimum absolute atomic E-state index is 0.0254. The van der Waals surface area contributed by atoms with Crippen LogP contribution in [0.25, 0.3) is 10.9 Å². The molecular formula is C16H20N4O6S. The predicted molar refractivity (Wildman–Crippen MR) is 99.9 cm³/mol. The third-order valence-electron chi connectivity index (χ3n) is 4.33. The Hall–Kier alpha value is -2.63. The average Bonchev–Trinajstić information content (AvgIpc) is 2.77. The average molecular weight is 396 g/mol. The van der Waals surface area contributed by atoms with Gasteiger partial charge < -0.3 is 14.7 Å². The number of esters is 1. The molecule has 0 aromatic carbocycles. The van der Waals surface area contributed by atoms with Gasteiger partial charge in [-0.3, -0.25) is 18.9 Å². The number of pyridine rings is 2. The Balaban J connectivity index is 2.24. The quantitative estimate of drug-likeness (QED) is 0.658. The molecule has 27 heavy (non-hydrogen) atoms. The third-order valence-corrected chi connectivity index (χ3v) is 6.07. The summed E-state index contributed by atoms with van der Waals surface area (Å²) in [4.78, 5) is 34.2. The summed E-state index contributed by atoms with van der Waals surface area (Å²) in [6, 6.07) is 3.14. The second-order valence-corrected chi connectivity index (χ2v) is 7.98. The molecule has 1 saturated heterocycles. The molecule has 0 saturated carbocycles. The summed E-state index contributed by atoms with van der Waals surface area (Å²) in [6.07, 6.45) is 1.41. The van der Waals surface area contributed by atoms with Crippen LogP contribution in [-0.2, 0) is 9.53 Å². The molecule has 1 fully saturated rings. The molecule has 3 rings (SSSR count). The van der Waals surface area contributed by atoms with Crippen molar-refractivity contribution in [1.29, 1.82) is 0 Å². The smallest absolute Gasteiger partial charge is 0.360 e. The van der Waals surface area contributed by atoms with E-state index in [4.69, 9.17) is 0 Å². The fourth-order valence-corrected chi connectivity index (χ4v) is 4.30. The first kappa shape index (κ1) is 19.1. The summed E-state index contributed by atoms with van der Waals surface area (Å²) in [5.41, 5.74) is -0.375. The van der Waals surface area contributed by atoms with Gasteiger partial charge in [0.25, 0.3) is 0 Å². The molecule has 1 aliphatic rings. The number of nitrogens with zero attached hydrogens (tertiary/aromatic N) is 4. The highest BCUT2D eigenvalue weighted by atomic mass is 32.3. The second-order valence-electron chi connectivity index (χ2n) is 5.87. The second kappa shape index (κ2) is 7.18. The fraction of sp³-hybridized carbons (Fsp3) is 0.375. The third kappa shape index (κ3) is 3.36. The number of hydrogen-bond donors (Lipinski definition) is 3. The van der Waals surface area contributed by atoms with Gasteiger partial charge in [0.05, 0.1) is 12.9 Å². The van der Waals surface area contributed by atoms with Crippen LogP contribution in [-0.4, -0.2) is 73.5 Å². The highest BCUT2D eigenvalue weighted by Crippen LogP contribution is 2.49. The van der Waals surface area contributed by atoms with E-state index in [2.05, 4.69) is 14.7 Å². The number of carbonyl (C=O) groups excluding carboxylic acids is 2. The number of likely N-dealkylation sites (N-methyl/N-ethyl adjacent to an activating group) is 1. The van der Waals surface area contributed by atoms with Crippen LogP contribution in [0.4, 0.5) is 5.82 Å². The van der Waals surface area contributed by atoms with Crippen molar-refractivity contribution >= 4 is 39.4 Å². The zero-order valence-corrected chi connectivity index (χ0v) is 15.6. The number of rotatable bonds is 3. The van der Waals surface area contributed by atoms with E-state index in [1.54, 1.807) is 19.1 Å². The number of aromatic nitrogens is 2. The molecule has 0 spiro atoms. The van der Waals surface area contributed by atoms with Crippen molar-refractivity contribution in [2.75, 3.05) is 36.8 Å². The van der Waals surface area contributed by atoms with Crippen molar-refractivity contribution in [3.8, 4) is 5.75 Å². The molecule has 0 aliphatic carbocycles. The van der Waals surface area contributed by atoms with Crippen LogP contribution in [0.5, 0.6) is 5.75 Å². The van der Waals surface area contributed by atoms with Crippen LogP contribution in [0.2, 0.25) is 0 Å². The lowest BCUT2D eigenvalue weighted by atomic mass is 10.2. The van der Waals surface area contributed by atoms with E-state index in [0.717, 1.165) is 11.4 Å². The fourth-order valence-electron chi connectivity index (χ4n) is 2.88. The van der Waals surface area contributed by atoms with Gasteiger partial charge in [-0.05, 0) is 19.1 Å². The van der Waals surface area contributed by atoms with Crippen LogP contribution in [0.3, 0.4) is 0 Å². The first-order valence-electron chi connectivity index (χ1n) is 8.17. The molecule has 3 N–H and O–H groups in total. The minimum Gasteiger partial charge on any atom is -0.504 e. The van der Waals surface area contributed by atoms with Crippen LogP contribution < -0.4 is 4.31 Å². The monoisotopic (exact) mass is 396 g/mol. The molecule has 1 aliphatic heterocycles. The number of anilines is 1. The predicted octanol–water partition coefficient (Wildman–Crippen LogP) is 1.46. The summed E-state index contributed by atoms with van der Waals surface area (Å²) >= 11 is 0. The molecule has 146 valence electrons. The minimum atomic E-state index is -3.40. The summed E-state index contributed by atoms with van der Waals surface area (Å²) in [7, 11) is -2.26. The van der Waals surface area contributed by atoms with Gasteiger partial charge in [0, 0.05) is 24.7 Å². The molecule has 0 bridgehead atoms. The zero-order valence-electron chi connectivity index (χ0n) is 14.8. The van der Waals surface area contributed by atoms with Gasteiger partial charge in [-0.2, -0.15) is 0 Å². The molecule has 0 atom stereocenters. The van der Waals surface area contributed by atoms with Gasteiger partial charge >= 0.3 is 5.97 Å². The maximum Gasteiger partial charge on any atom is 0.360 e. The lowest BCUT2D eigenvalue weighted by Gasteiger charge is -2.41. The molecule has 2 aromatic rings. The van der Waals surface area contributed by atoms with E-state index in [0.29, 0.717) is 6.54 Å². The van der Waals surface area contributed by atoms with Crippen molar-refractivity contribution in [2.45, 2.75) is 6.92 Å². The van der Waals surface area contributed by atoms with Crippen molar-refractivity contribution in [3.05, 3.63) is 24.0 Å². The summed E-state index contributed by atoms with van der Waals surface area (Å²) in [5, 5.41) is 10.6. The van der Waals surface area contributed by atoms with Crippen LogP contribution in [0.1, 0.15) is 17.4 Å². The molecule has 2 aromatic heterocycles. The molecule has 11 heteroatoms. The summed E-state index contributed by atoms with van der Waals surface area (Å²) in [6.45, 7) is 2.08. The normalized spacial score (nSPS) is 18.3. The lowest BCUT2D eigenvalue weighted by Crippen LogP contribution is -2.37. The van der Waals surface area contributed by atoms with E-state index in [1.165, 1.54) is 11.1 Å². The van der Waals surface area contributed by atoms with E-state index in [-0.39, 0.29) is 41.5 Å². The lowest BCUT2D eigenvalue weighted by molar-refractivity contribution is -0.128. The molecule has 3 heterocycles. The van der Waals surface area contributed by atoms with E-state index < -0.39 is 28.2 Å². The van der Waals surface area contributed by atoms with Gasteiger partial charge in [0.15, 0.2) is 17.3 Å². The van der Waals surface area contributed by atoms with Crippen molar-refractivity contribution < 1.29 is 28.5 Å². The maximum absolute atomic E-state index is 12.5. The SMILES string of the molecule is CCN1CCS(O)(O)N(c2nc(C(=O)OC)c(O)c3ncccc23)CC1=O. The molecule has 1 amide bonds. The van der Waals surface area contributed by atoms with Gasteiger partial charge in [0.1, 0.15) is 12.1 Å². The standard InChI is InChI=1S/C16H20N4O6S/c1-3-19-7-8-27(24,25)20(9-11(19)21)15-10-5-4-6-17-12(10)14(22)13(18-15)16(23)26-2/h4-6,22,24-25H,3,7-9H2,1-2H3. The van der Waals surface area contributed by atoms with Crippen LogP contribution in [0, 0.1) is 0 Å². The summed E-state index contributed by atoms with van der Waals surface area (Å²) < 4.78 is 27.0. The number of carbonyl (C=O) groups is 2. The van der Waals surface area contributed by atoms with E-state index in [1.807, 2.05) is 0 Å². The van der Waals surface area contributed by atoms with Gasteiger partial charge in [-0.15, -0.1) is 10.8 Å². The number of amides is 1. The first-order chi connectivity index (χ1) is 12.8. The molecular weight excluding hydrogens is 376 g/mol. The molecule has 0 unspecified atom stereocenters. The first-order valence-corrected chi connectivity index (χ1v) is 9.84. The van der Waals surface area contributed by atoms with Gasteiger partial charge in [0.2, 0.25) is 5.91 Å². The van der Waals surface area contributed by atoms with Crippen molar-refractivity contribution in [3.63, 3.8) is 0 Å². The Bertz CT molecular complexity index is 906. The van der Waals surface area contributed by atoms with Crippen LogP contribution in [0.15, 0.2) is 18.3 Å². The largest absolute Gasteiger partial charge is 0.504 e. The van der Waals surface area contributed by atoms with Crippen molar-refractivity contribution in [2.24, 2.45) is 0 Å². The number of ether oxygens (including phenoxy) is 1. The maximum atomic E-state index is 12.5. The van der Waals surface area contributed by atoms with Gasteiger partial charge in [-0.25, -0.2) is 14.1 Å². The zero-order chi connectivity index (χ0) is 19.8. The Morgan fingerprint density at radius 3 is 2.81 bits per heavy atom. The molecule has 0 radical (unpaired) electrons. The summed E-state index contributed by atoms with van der Waals surface area (Å²) in [5.74, 6) is -1.78. The highest BCUT2D eigenvalue weighted by molar-refractivity contribution is 8.25. The van der Waals surface area contributed by atoms with E-state index >= 15 is 0 Å². The van der Waals surface area contributed by atoms with Crippen LogP contribution >= 0.6 is 10.8 Å². The Morgan fingerprint density at radius 2 is 2.15 bits per heavy atom. The van der Waals surface area contributed by atoms with E-state index in [9.17, 15) is 23.8 Å². The number of aromatic hydroxyl groups is 1. The number of hydrogen-bond acceptors (Lipinski definition) is 9. The Kier molecular flexibility index (Phi) is 5.09. The Labute approximate surface area is 156 Å². The number of fused-ring (bicyclic) bond motifs is 1. The molecule has 10 nitrogen and oxygen atoms in total. The topological polar surface area (TPSA) is 136 Å². The van der Waals surface area contributed by atoms with Gasteiger partial charge in [-0.1, -0.05) is 0 Å². The Morgan fingerprint density at radius 1 is 1.41 bits per heavy atom. The highest BCUT2D eigenvalue weighted by Gasteiger charge is 2.35. The van der Waals surface area contributed by atoms with Crippen molar-refractivity contribution in [1.82, 2.24) is 14.9 Å².